The molecule has 4 nitrogen and oxygen atoms in total. The van der Waals surface area contributed by atoms with Crippen LogP contribution in [0, 0.1) is 25.5 Å². The summed E-state index contributed by atoms with van der Waals surface area (Å²) in [5.41, 5.74) is 3.90. The van der Waals surface area contributed by atoms with Gasteiger partial charge in [0.1, 0.15) is 11.6 Å². The number of benzene rings is 2. The van der Waals surface area contributed by atoms with Gasteiger partial charge >= 0.3 is 5.97 Å². The second-order valence-corrected chi connectivity index (χ2v) is 8.29. The molecule has 0 aliphatic carbocycles. The molecule has 164 valence electrons. The van der Waals surface area contributed by atoms with Crippen molar-refractivity contribution in [1.82, 2.24) is 4.90 Å². The SMILES string of the molecule is CC1=C(C(=O)OC(C)C)C(c2cc(C)ccc2C)CC(=O)N1Cc1ccc(F)cc1F. The maximum Gasteiger partial charge on any atom is 0.336 e. The van der Waals surface area contributed by atoms with E-state index < -0.39 is 23.5 Å². The largest absolute Gasteiger partial charge is 0.460 e. The Morgan fingerprint density at radius 3 is 2.48 bits per heavy atom. The molecule has 0 spiro atoms. The number of esters is 1. The predicted molar refractivity (Wildman–Crippen MR) is 114 cm³/mol. The van der Waals surface area contributed by atoms with Gasteiger partial charge in [-0.3, -0.25) is 4.79 Å². The van der Waals surface area contributed by atoms with Gasteiger partial charge in [-0.1, -0.05) is 29.8 Å². The molecule has 1 amide bonds. The molecule has 2 aromatic rings. The molecule has 3 rings (SSSR count). The summed E-state index contributed by atoms with van der Waals surface area (Å²) in [5.74, 6) is -2.59. The van der Waals surface area contributed by atoms with Crippen LogP contribution in [0.4, 0.5) is 8.78 Å². The lowest BCUT2D eigenvalue weighted by molar-refractivity contribution is -0.143. The number of ether oxygens (including phenoxy) is 1. The Morgan fingerprint density at radius 2 is 1.84 bits per heavy atom. The van der Waals surface area contributed by atoms with E-state index in [-0.39, 0.29) is 30.5 Å². The molecule has 31 heavy (non-hydrogen) atoms. The minimum atomic E-state index is -0.733. The Balaban J connectivity index is 2.09. The van der Waals surface area contributed by atoms with E-state index in [4.69, 9.17) is 4.74 Å². The number of hydrogen-bond donors (Lipinski definition) is 0. The van der Waals surface area contributed by atoms with Crippen LogP contribution in [0.15, 0.2) is 47.7 Å². The van der Waals surface area contributed by atoms with Crippen molar-refractivity contribution in [3.05, 3.63) is 81.6 Å². The maximum atomic E-state index is 14.2. The van der Waals surface area contributed by atoms with Gasteiger partial charge in [-0.15, -0.1) is 0 Å². The number of carbonyl (C=O) groups is 2. The van der Waals surface area contributed by atoms with Crippen molar-refractivity contribution in [2.45, 2.75) is 59.6 Å². The highest BCUT2D eigenvalue weighted by molar-refractivity contribution is 5.96. The van der Waals surface area contributed by atoms with E-state index in [0.29, 0.717) is 11.3 Å². The van der Waals surface area contributed by atoms with Crippen LogP contribution < -0.4 is 0 Å². The number of aryl methyl sites for hydroxylation is 2. The fourth-order valence-corrected chi connectivity index (χ4v) is 3.97. The van der Waals surface area contributed by atoms with Gasteiger partial charge in [0.25, 0.3) is 0 Å². The van der Waals surface area contributed by atoms with Crippen LogP contribution in [-0.4, -0.2) is 22.9 Å². The molecule has 6 heteroatoms. The van der Waals surface area contributed by atoms with E-state index in [2.05, 4.69) is 0 Å². The van der Waals surface area contributed by atoms with Crippen molar-refractivity contribution in [3.8, 4) is 0 Å². The van der Waals surface area contributed by atoms with Crippen LogP contribution in [-0.2, 0) is 20.9 Å². The van der Waals surface area contributed by atoms with Crippen LogP contribution in [0.5, 0.6) is 0 Å². The van der Waals surface area contributed by atoms with Gasteiger partial charge in [0.15, 0.2) is 0 Å². The maximum absolute atomic E-state index is 14.2. The van der Waals surface area contributed by atoms with E-state index in [1.54, 1.807) is 20.8 Å². The van der Waals surface area contributed by atoms with Gasteiger partial charge in [0.2, 0.25) is 5.91 Å². The van der Waals surface area contributed by atoms with Crippen LogP contribution in [0.25, 0.3) is 0 Å². The van der Waals surface area contributed by atoms with Crippen LogP contribution in [0.1, 0.15) is 55.4 Å². The number of halogens is 2. The number of nitrogens with zero attached hydrogens (tertiary/aromatic N) is 1. The van der Waals surface area contributed by atoms with E-state index in [9.17, 15) is 18.4 Å². The number of carbonyl (C=O) groups excluding carboxylic acids is 2. The summed E-state index contributed by atoms with van der Waals surface area (Å²) in [6, 6.07) is 9.19. The van der Waals surface area contributed by atoms with E-state index in [0.717, 1.165) is 28.8 Å². The molecular formula is C25H27F2NO3. The summed E-state index contributed by atoms with van der Waals surface area (Å²) in [6.45, 7) is 9.02. The molecule has 0 saturated carbocycles. The van der Waals surface area contributed by atoms with Crippen molar-refractivity contribution < 1.29 is 23.1 Å². The standard InChI is InChI=1S/C25H27F2NO3/c1-14(2)31-25(30)24-17(5)28(13-18-8-9-19(26)11-22(18)27)23(29)12-21(24)20-10-15(3)6-7-16(20)4/h6-11,14,21H,12-13H2,1-5H3. The molecular weight excluding hydrogens is 400 g/mol. The average Bonchev–Trinajstić information content (AvgIpc) is 2.67. The van der Waals surface area contributed by atoms with Gasteiger partial charge in [-0.05, 0) is 51.8 Å². The molecule has 0 bridgehead atoms. The first-order valence-corrected chi connectivity index (χ1v) is 10.3. The molecule has 0 radical (unpaired) electrons. The van der Waals surface area contributed by atoms with E-state index >= 15 is 0 Å². The lowest BCUT2D eigenvalue weighted by atomic mass is 9.81. The summed E-state index contributed by atoms with van der Waals surface area (Å²) in [7, 11) is 0. The fraction of sp³-hybridized carbons (Fsp3) is 0.360. The van der Waals surface area contributed by atoms with Gasteiger partial charge in [0.05, 0.1) is 18.2 Å². The Labute approximate surface area is 181 Å². The molecule has 0 fully saturated rings. The first-order valence-electron chi connectivity index (χ1n) is 10.3. The van der Waals surface area contributed by atoms with Gasteiger partial charge in [-0.25, -0.2) is 13.6 Å². The number of allylic oxidation sites excluding steroid dienone is 1. The summed E-state index contributed by atoms with van der Waals surface area (Å²) in [4.78, 5) is 27.6. The zero-order valence-electron chi connectivity index (χ0n) is 18.5. The highest BCUT2D eigenvalue weighted by Crippen LogP contribution is 2.39. The van der Waals surface area contributed by atoms with Crippen molar-refractivity contribution in [3.63, 3.8) is 0 Å². The summed E-state index contributed by atoms with van der Waals surface area (Å²) >= 11 is 0. The van der Waals surface area contributed by atoms with Crippen LogP contribution >= 0.6 is 0 Å². The van der Waals surface area contributed by atoms with Crippen molar-refractivity contribution in [2.24, 2.45) is 0 Å². The second kappa shape index (κ2) is 9.00. The smallest absolute Gasteiger partial charge is 0.336 e. The normalized spacial score (nSPS) is 16.8. The minimum Gasteiger partial charge on any atom is -0.460 e. The zero-order chi connectivity index (χ0) is 22.9. The molecule has 1 aliphatic rings. The van der Waals surface area contributed by atoms with Gasteiger partial charge < -0.3 is 9.64 Å². The summed E-state index contributed by atoms with van der Waals surface area (Å²) in [5, 5.41) is 0. The van der Waals surface area contributed by atoms with Crippen LogP contribution in [0.2, 0.25) is 0 Å². The third kappa shape index (κ3) is 4.84. The van der Waals surface area contributed by atoms with Gasteiger partial charge in [-0.2, -0.15) is 0 Å². The highest BCUT2D eigenvalue weighted by Gasteiger charge is 2.38. The van der Waals surface area contributed by atoms with Gasteiger partial charge in [0, 0.05) is 29.7 Å². The van der Waals surface area contributed by atoms with Crippen molar-refractivity contribution >= 4 is 11.9 Å². The van der Waals surface area contributed by atoms with Crippen molar-refractivity contribution in [1.29, 1.82) is 0 Å². The topological polar surface area (TPSA) is 46.6 Å². The number of hydrogen-bond acceptors (Lipinski definition) is 3. The predicted octanol–water partition coefficient (Wildman–Crippen LogP) is 5.32. The molecule has 1 heterocycles. The molecule has 1 aliphatic heterocycles. The van der Waals surface area contributed by atoms with Crippen LogP contribution in [0.3, 0.4) is 0 Å². The Kier molecular flexibility index (Phi) is 6.58. The summed E-state index contributed by atoms with van der Waals surface area (Å²) < 4.78 is 33.0. The molecule has 0 saturated heterocycles. The third-order valence-electron chi connectivity index (χ3n) is 5.54. The third-order valence-corrected chi connectivity index (χ3v) is 5.54. The Bertz CT molecular complexity index is 1060. The first-order chi connectivity index (χ1) is 14.6. The highest BCUT2D eigenvalue weighted by atomic mass is 19.1. The second-order valence-electron chi connectivity index (χ2n) is 8.29. The first kappa shape index (κ1) is 22.7. The van der Waals surface area contributed by atoms with E-state index in [1.807, 2.05) is 32.0 Å². The molecule has 1 atom stereocenters. The lowest BCUT2D eigenvalue weighted by Gasteiger charge is -2.35. The summed E-state index contributed by atoms with van der Waals surface area (Å²) in [6.07, 6.45) is -0.264. The zero-order valence-corrected chi connectivity index (χ0v) is 18.5. The number of rotatable bonds is 5. The average molecular weight is 427 g/mol. The van der Waals surface area contributed by atoms with E-state index in [1.165, 1.54) is 11.0 Å². The molecule has 1 unspecified atom stereocenters. The Hall–Kier alpha value is -3.02. The minimum absolute atomic E-state index is 0.0625. The quantitative estimate of drug-likeness (QED) is 0.607. The molecule has 0 N–H and O–H groups in total. The molecule has 2 aromatic carbocycles. The lowest BCUT2D eigenvalue weighted by Crippen LogP contribution is -2.38. The van der Waals surface area contributed by atoms with Crippen molar-refractivity contribution in [2.75, 3.05) is 0 Å². The Morgan fingerprint density at radius 1 is 1.13 bits per heavy atom. The monoisotopic (exact) mass is 427 g/mol. The molecule has 0 aromatic heterocycles. The fourth-order valence-electron chi connectivity index (χ4n) is 3.97. The number of amides is 1.